The molecule has 0 spiro atoms. The molecule has 0 radical (unpaired) electrons. The van der Waals surface area contributed by atoms with E-state index in [0.717, 1.165) is 6.54 Å². The van der Waals surface area contributed by atoms with Gasteiger partial charge in [-0.3, -0.25) is 4.90 Å². The molecule has 0 aromatic heterocycles. The molecule has 1 unspecified atom stereocenters. The standard InChI is InChI=1S/C17H26N2O3/c1-12(2)16(13-7-5-4-6-8-13)19-10-9-15(20)14(11-19)18-17(21)22-3/h4-8,12,14-16,20H,9-11H2,1-3H3,(H,18,21)/t14-,15-,16?/m1/s1. The zero-order valence-corrected chi connectivity index (χ0v) is 13.5. The van der Waals surface area contributed by atoms with Gasteiger partial charge in [-0.1, -0.05) is 44.2 Å². The molecule has 1 aromatic carbocycles. The lowest BCUT2D eigenvalue weighted by molar-refractivity contribution is 0.0186. The number of ether oxygens (including phenoxy) is 1. The van der Waals surface area contributed by atoms with Crippen LogP contribution in [-0.2, 0) is 4.74 Å². The number of benzene rings is 1. The number of likely N-dealkylation sites (tertiary alicyclic amines) is 1. The van der Waals surface area contributed by atoms with E-state index in [-0.39, 0.29) is 12.1 Å². The molecular formula is C17H26N2O3. The van der Waals surface area contributed by atoms with E-state index in [0.29, 0.717) is 18.9 Å². The smallest absolute Gasteiger partial charge is 0.407 e. The van der Waals surface area contributed by atoms with Gasteiger partial charge in [-0.15, -0.1) is 0 Å². The maximum Gasteiger partial charge on any atom is 0.407 e. The summed E-state index contributed by atoms with van der Waals surface area (Å²) in [5, 5.41) is 12.9. The highest BCUT2D eigenvalue weighted by Crippen LogP contribution is 2.31. The first-order chi connectivity index (χ1) is 10.5. The van der Waals surface area contributed by atoms with E-state index < -0.39 is 12.2 Å². The number of methoxy groups -OCH3 is 1. The number of alkyl carbamates (subject to hydrolysis) is 1. The molecule has 1 fully saturated rings. The van der Waals surface area contributed by atoms with Crippen molar-refractivity contribution >= 4 is 6.09 Å². The fraction of sp³-hybridized carbons (Fsp3) is 0.588. The summed E-state index contributed by atoms with van der Waals surface area (Å²) in [5.41, 5.74) is 1.27. The third-order valence-corrected chi connectivity index (χ3v) is 4.26. The molecule has 2 rings (SSSR count). The second-order valence-corrected chi connectivity index (χ2v) is 6.19. The van der Waals surface area contributed by atoms with Gasteiger partial charge in [-0.2, -0.15) is 0 Å². The van der Waals surface area contributed by atoms with Crippen LogP contribution in [0.1, 0.15) is 31.9 Å². The third-order valence-electron chi connectivity index (χ3n) is 4.26. The number of nitrogens with zero attached hydrogens (tertiary/aromatic N) is 1. The van der Waals surface area contributed by atoms with Gasteiger partial charge < -0.3 is 15.2 Å². The van der Waals surface area contributed by atoms with Gasteiger partial charge in [0.25, 0.3) is 0 Å². The summed E-state index contributed by atoms with van der Waals surface area (Å²) in [6, 6.07) is 10.4. The number of piperidine rings is 1. The number of hydrogen-bond donors (Lipinski definition) is 2. The first kappa shape index (κ1) is 16.8. The van der Waals surface area contributed by atoms with E-state index >= 15 is 0 Å². The minimum atomic E-state index is -0.529. The van der Waals surface area contributed by atoms with Crippen molar-refractivity contribution in [2.75, 3.05) is 20.2 Å². The van der Waals surface area contributed by atoms with E-state index in [1.165, 1.54) is 12.7 Å². The SMILES string of the molecule is COC(=O)N[C@@H]1CN(C(c2ccccc2)C(C)C)CC[C@H]1O. The van der Waals surface area contributed by atoms with Crippen molar-refractivity contribution in [3.63, 3.8) is 0 Å². The summed E-state index contributed by atoms with van der Waals surface area (Å²) < 4.78 is 4.65. The number of rotatable bonds is 4. The van der Waals surface area contributed by atoms with Gasteiger partial charge in [0.2, 0.25) is 0 Å². The second-order valence-electron chi connectivity index (χ2n) is 6.19. The van der Waals surface area contributed by atoms with Gasteiger partial charge in [0.1, 0.15) is 0 Å². The maximum atomic E-state index is 11.4. The summed E-state index contributed by atoms with van der Waals surface area (Å²) in [6.45, 7) is 5.84. The molecule has 1 saturated heterocycles. The molecule has 1 amide bonds. The molecule has 1 aliphatic heterocycles. The molecular weight excluding hydrogens is 280 g/mol. The summed E-state index contributed by atoms with van der Waals surface area (Å²) in [6.07, 6.45) is -0.379. The lowest BCUT2D eigenvalue weighted by atomic mass is 9.91. The number of aliphatic hydroxyl groups excluding tert-OH is 1. The Bertz CT molecular complexity index is 478. The van der Waals surface area contributed by atoms with Crippen molar-refractivity contribution in [3.05, 3.63) is 35.9 Å². The monoisotopic (exact) mass is 306 g/mol. The van der Waals surface area contributed by atoms with E-state index in [1.807, 2.05) is 18.2 Å². The van der Waals surface area contributed by atoms with Crippen LogP contribution in [-0.4, -0.2) is 48.4 Å². The Hall–Kier alpha value is -1.59. The predicted molar refractivity (Wildman–Crippen MR) is 85.5 cm³/mol. The van der Waals surface area contributed by atoms with Crippen molar-refractivity contribution < 1.29 is 14.6 Å². The minimum Gasteiger partial charge on any atom is -0.453 e. The van der Waals surface area contributed by atoms with Gasteiger partial charge in [-0.25, -0.2) is 4.79 Å². The summed E-state index contributed by atoms with van der Waals surface area (Å²) in [4.78, 5) is 13.8. The Kier molecular flexibility index (Phi) is 5.80. The fourth-order valence-corrected chi connectivity index (χ4v) is 3.24. The van der Waals surface area contributed by atoms with Gasteiger partial charge in [0, 0.05) is 19.1 Å². The highest BCUT2D eigenvalue weighted by molar-refractivity contribution is 5.67. The van der Waals surface area contributed by atoms with Crippen LogP contribution in [0.15, 0.2) is 30.3 Å². The van der Waals surface area contributed by atoms with Gasteiger partial charge in [-0.05, 0) is 17.9 Å². The largest absolute Gasteiger partial charge is 0.453 e. The summed E-state index contributed by atoms with van der Waals surface area (Å²) in [5.74, 6) is 0.441. The number of hydrogen-bond acceptors (Lipinski definition) is 4. The quantitative estimate of drug-likeness (QED) is 0.895. The molecule has 1 heterocycles. The summed E-state index contributed by atoms with van der Waals surface area (Å²) in [7, 11) is 1.34. The zero-order chi connectivity index (χ0) is 16.1. The van der Waals surface area contributed by atoms with E-state index in [2.05, 4.69) is 40.9 Å². The van der Waals surface area contributed by atoms with E-state index in [4.69, 9.17) is 0 Å². The Morgan fingerprint density at radius 3 is 2.64 bits per heavy atom. The maximum absolute atomic E-state index is 11.4. The molecule has 5 nitrogen and oxygen atoms in total. The summed E-state index contributed by atoms with van der Waals surface area (Å²) >= 11 is 0. The normalized spacial score (nSPS) is 24.0. The van der Waals surface area contributed by atoms with Crippen LogP contribution in [0.25, 0.3) is 0 Å². The Labute approximate surface area is 132 Å². The zero-order valence-electron chi connectivity index (χ0n) is 13.5. The number of carbonyl (C=O) groups is 1. The molecule has 122 valence electrons. The third kappa shape index (κ3) is 3.99. The van der Waals surface area contributed by atoms with Crippen LogP contribution in [0.4, 0.5) is 4.79 Å². The number of amides is 1. The fourth-order valence-electron chi connectivity index (χ4n) is 3.24. The molecule has 3 atom stereocenters. The topological polar surface area (TPSA) is 61.8 Å². The Morgan fingerprint density at radius 2 is 2.05 bits per heavy atom. The number of carbonyl (C=O) groups excluding carboxylic acids is 1. The minimum absolute atomic E-state index is 0.274. The van der Waals surface area contributed by atoms with Crippen LogP contribution in [0.2, 0.25) is 0 Å². The van der Waals surface area contributed by atoms with Gasteiger partial charge in [0.15, 0.2) is 0 Å². The molecule has 0 aliphatic carbocycles. The van der Waals surface area contributed by atoms with Crippen molar-refractivity contribution in [1.82, 2.24) is 10.2 Å². The van der Waals surface area contributed by atoms with Crippen LogP contribution in [0.5, 0.6) is 0 Å². The molecule has 0 bridgehead atoms. The van der Waals surface area contributed by atoms with E-state index in [1.54, 1.807) is 0 Å². The lowest BCUT2D eigenvalue weighted by Gasteiger charge is -2.42. The first-order valence-corrected chi connectivity index (χ1v) is 7.84. The lowest BCUT2D eigenvalue weighted by Crippen LogP contribution is -2.56. The van der Waals surface area contributed by atoms with Crippen LogP contribution in [0.3, 0.4) is 0 Å². The Balaban J connectivity index is 2.13. The highest BCUT2D eigenvalue weighted by atomic mass is 16.5. The molecule has 1 aliphatic rings. The van der Waals surface area contributed by atoms with Crippen LogP contribution in [0, 0.1) is 5.92 Å². The second kappa shape index (κ2) is 7.61. The first-order valence-electron chi connectivity index (χ1n) is 7.84. The average molecular weight is 306 g/mol. The van der Waals surface area contributed by atoms with Gasteiger partial charge in [0.05, 0.1) is 19.3 Å². The molecule has 22 heavy (non-hydrogen) atoms. The van der Waals surface area contributed by atoms with Crippen LogP contribution >= 0.6 is 0 Å². The predicted octanol–water partition coefficient (Wildman–Crippen LogP) is 2.17. The van der Waals surface area contributed by atoms with Crippen molar-refractivity contribution in [2.24, 2.45) is 5.92 Å². The van der Waals surface area contributed by atoms with Crippen molar-refractivity contribution in [1.29, 1.82) is 0 Å². The Morgan fingerprint density at radius 1 is 1.36 bits per heavy atom. The van der Waals surface area contributed by atoms with E-state index in [9.17, 15) is 9.90 Å². The molecule has 1 aromatic rings. The van der Waals surface area contributed by atoms with Crippen LogP contribution < -0.4 is 5.32 Å². The highest BCUT2D eigenvalue weighted by Gasteiger charge is 2.34. The van der Waals surface area contributed by atoms with Gasteiger partial charge >= 0.3 is 6.09 Å². The molecule has 0 saturated carbocycles. The van der Waals surface area contributed by atoms with Crippen molar-refractivity contribution in [2.45, 2.75) is 38.5 Å². The molecule has 2 N–H and O–H groups in total. The number of nitrogens with one attached hydrogen (secondary N) is 1. The number of aliphatic hydroxyl groups is 1. The molecule has 5 heteroatoms. The average Bonchev–Trinajstić information content (AvgIpc) is 2.51. The van der Waals surface area contributed by atoms with Crippen molar-refractivity contribution in [3.8, 4) is 0 Å².